The number of piperidine rings is 1. The molecule has 0 spiro atoms. The number of anilines is 1. The van der Waals surface area contributed by atoms with Crippen molar-refractivity contribution in [1.29, 1.82) is 0 Å². The van der Waals surface area contributed by atoms with Crippen LogP contribution in [-0.4, -0.2) is 19.0 Å². The van der Waals surface area contributed by atoms with Gasteiger partial charge in [0.15, 0.2) is 0 Å². The number of hydrogen-bond donors (Lipinski definition) is 0. The number of rotatable bonds is 1. The second-order valence-corrected chi connectivity index (χ2v) is 4.82. The van der Waals surface area contributed by atoms with Crippen molar-refractivity contribution in [2.45, 2.75) is 18.8 Å². The molecule has 0 atom stereocenters. The lowest BCUT2D eigenvalue weighted by molar-refractivity contribution is -0.0116. The van der Waals surface area contributed by atoms with Crippen molar-refractivity contribution >= 4 is 28.9 Å². The maximum Gasteiger partial charge on any atom is 0.265 e. The lowest BCUT2D eigenvalue weighted by Gasteiger charge is -2.34. The highest BCUT2D eigenvalue weighted by Gasteiger charge is 2.35. The van der Waals surface area contributed by atoms with E-state index in [0.717, 1.165) is 0 Å². The van der Waals surface area contributed by atoms with Gasteiger partial charge in [-0.1, -0.05) is 23.2 Å². The van der Waals surface area contributed by atoms with Crippen LogP contribution in [0.1, 0.15) is 12.8 Å². The second-order valence-electron chi connectivity index (χ2n) is 3.98. The molecule has 1 aliphatic heterocycles. The molecule has 2 rings (SSSR count). The fourth-order valence-corrected chi connectivity index (χ4v) is 2.30. The molecule has 16 heavy (non-hydrogen) atoms. The van der Waals surface area contributed by atoms with Crippen LogP contribution >= 0.6 is 23.2 Å². The fraction of sp³-hybridized carbons (Fsp3) is 0.455. The van der Waals surface area contributed by atoms with E-state index in [1.165, 1.54) is 0 Å². The molecule has 0 N–H and O–H groups in total. The third-order valence-corrected chi connectivity index (χ3v) is 3.20. The molecule has 1 aliphatic rings. The zero-order valence-corrected chi connectivity index (χ0v) is 10.0. The molecule has 0 saturated carbocycles. The Balaban J connectivity index is 2.26. The Morgan fingerprint density at radius 2 is 2.00 bits per heavy atom. The van der Waals surface area contributed by atoms with E-state index in [9.17, 15) is 8.78 Å². The van der Waals surface area contributed by atoms with Crippen molar-refractivity contribution in [2.24, 2.45) is 0 Å². The van der Waals surface area contributed by atoms with Crippen molar-refractivity contribution < 1.29 is 8.78 Å². The van der Waals surface area contributed by atoms with Crippen LogP contribution in [-0.2, 0) is 0 Å². The summed E-state index contributed by atoms with van der Waals surface area (Å²) in [4.78, 5) is 1.59. The van der Waals surface area contributed by atoms with Crippen LogP contribution in [0.4, 0.5) is 14.5 Å². The van der Waals surface area contributed by atoms with Gasteiger partial charge in [0.25, 0.3) is 5.92 Å². The van der Waals surface area contributed by atoms with E-state index >= 15 is 0 Å². The second kappa shape index (κ2) is 4.38. The summed E-state index contributed by atoms with van der Waals surface area (Å²) in [6, 6.07) is 4.91. The zero-order chi connectivity index (χ0) is 11.8. The van der Waals surface area contributed by atoms with Gasteiger partial charge >= 0.3 is 0 Å². The van der Waals surface area contributed by atoms with Crippen molar-refractivity contribution in [3.8, 4) is 0 Å². The van der Waals surface area contributed by atoms with E-state index < -0.39 is 5.92 Å². The van der Waals surface area contributed by atoms with E-state index in [0.29, 0.717) is 28.7 Å². The van der Waals surface area contributed by atoms with Gasteiger partial charge in [-0.2, -0.15) is 0 Å². The summed E-state index contributed by atoms with van der Waals surface area (Å²) in [5.41, 5.74) is 0.591. The van der Waals surface area contributed by atoms with Gasteiger partial charge in [-0.25, -0.2) is 8.78 Å². The van der Waals surface area contributed by atoms with Gasteiger partial charge in [-0.3, -0.25) is 0 Å². The molecule has 0 amide bonds. The summed E-state index contributed by atoms with van der Waals surface area (Å²) in [5.74, 6) is -2.64. The summed E-state index contributed by atoms with van der Waals surface area (Å²) in [6.45, 7) is 0.308. The molecule has 0 unspecified atom stereocenters. The summed E-state index contributed by atoms with van der Waals surface area (Å²) >= 11 is 11.8. The Hall–Kier alpha value is -0.540. The first kappa shape index (κ1) is 11.9. The number of halogens is 4. The Kier molecular flexibility index (Phi) is 3.27. The van der Waals surface area contributed by atoms with Crippen LogP contribution in [0.15, 0.2) is 18.2 Å². The van der Waals surface area contributed by atoms with Crippen molar-refractivity contribution in [3.05, 3.63) is 28.2 Å². The molecular formula is C11H11Cl2F2N. The van der Waals surface area contributed by atoms with Gasteiger partial charge < -0.3 is 4.90 Å². The maximum atomic E-state index is 13.3. The summed E-state index contributed by atoms with van der Waals surface area (Å²) in [7, 11) is 0. The van der Waals surface area contributed by atoms with Crippen molar-refractivity contribution in [3.63, 3.8) is 0 Å². The molecule has 1 fully saturated rings. The largest absolute Gasteiger partial charge is 0.364 e. The van der Waals surface area contributed by atoms with E-state index in [-0.39, 0.29) is 13.0 Å². The van der Waals surface area contributed by atoms with Gasteiger partial charge in [0, 0.05) is 18.0 Å². The molecule has 5 heteroatoms. The molecule has 0 aliphatic carbocycles. The molecule has 0 radical (unpaired) electrons. The fourth-order valence-electron chi connectivity index (χ4n) is 1.90. The van der Waals surface area contributed by atoms with E-state index in [2.05, 4.69) is 0 Å². The quantitative estimate of drug-likeness (QED) is 0.735. The Labute approximate surface area is 103 Å². The Morgan fingerprint density at radius 3 is 2.69 bits per heavy atom. The zero-order valence-electron chi connectivity index (χ0n) is 8.52. The number of alkyl halides is 2. The minimum absolute atomic E-state index is 0.0539. The predicted molar refractivity (Wildman–Crippen MR) is 62.9 cm³/mol. The van der Waals surface area contributed by atoms with Gasteiger partial charge in [0.2, 0.25) is 0 Å². The highest BCUT2D eigenvalue weighted by Crippen LogP contribution is 2.34. The number of hydrogen-bond acceptors (Lipinski definition) is 1. The SMILES string of the molecule is FC1(F)CCCN(c2cc(Cl)ccc2Cl)C1. The van der Waals surface area contributed by atoms with Crippen LogP contribution in [0, 0.1) is 0 Å². The number of benzene rings is 1. The first-order chi connectivity index (χ1) is 7.48. The summed E-state index contributed by atoms with van der Waals surface area (Å²) in [6.07, 6.45) is 0.414. The van der Waals surface area contributed by atoms with E-state index in [1.54, 1.807) is 23.1 Å². The van der Waals surface area contributed by atoms with Crippen LogP contribution < -0.4 is 4.90 Å². The maximum absolute atomic E-state index is 13.3. The summed E-state index contributed by atoms with van der Waals surface area (Å²) < 4.78 is 26.5. The van der Waals surface area contributed by atoms with Gasteiger partial charge in [0.1, 0.15) is 0 Å². The standard InChI is InChI=1S/C11H11Cl2F2N/c12-8-2-3-9(13)10(6-8)16-5-1-4-11(14,15)7-16/h2-3,6H,1,4-5,7H2. The molecule has 1 saturated heterocycles. The van der Waals surface area contributed by atoms with Crippen LogP contribution in [0.2, 0.25) is 10.0 Å². The lowest BCUT2D eigenvalue weighted by atomic mass is 10.1. The predicted octanol–water partition coefficient (Wildman–Crippen LogP) is 4.23. The molecule has 88 valence electrons. The molecule has 1 aromatic rings. The smallest absolute Gasteiger partial charge is 0.265 e. The Morgan fingerprint density at radius 1 is 1.25 bits per heavy atom. The average molecular weight is 266 g/mol. The highest BCUT2D eigenvalue weighted by molar-refractivity contribution is 6.35. The van der Waals surface area contributed by atoms with Crippen molar-refractivity contribution in [2.75, 3.05) is 18.0 Å². The van der Waals surface area contributed by atoms with Crippen LogP contribution in [0.5, 0.6) is 0 Å². The van der Waals surface area contributed by atoms with Crippen molar-refractivity contribution in [1.82, 2.24) is 0 Å². The Bertz CT molecular complexity index is 396. The lowest BCUT2D eigenvalue weighted by Crippen LogP contribution is -2.42. The molecule has 1 aromatic carbocycles. The molecule has 1 heterocycles. The van der Waals surface area contributed by atoms with E-state index in [4.69, 9.17) is 23.2 Å². The monoisotopic (exact) mass is 265 g/mol. The number of nitrogens with zero attached hydrogens (tertiary/aromatic N) is 1. The first-order valence-corrected chi connectivity index (χ1v) is 5.81. The summed E-state index contributed by atoms with van der Waals surface area (Å²) in [5, 5.41) is 0.968. The normalized spacial score (nSPS) is 19.9. The molecule has 0 aromatic heterocycles. The van der Waals surface area contributed by atoms with Gasteiger partial charge in [-0.05, 0) is 24.6 Å². The first-order valence-electron chi connectivity index (χ1n) is 5.06. The van der Waals surface area contributed by atoms with E-state index in [1.807, 2.05) is 0 Å². The molecule has 1 nitrogen and oxygen atoms in total. The van der Waals surface area contributed by atoms with Crippen LogP contribution in [0.25, 0.3) is 0 Å². The third kappa shape index (κ3) is 2.58. The molecule has 0 bridgehead atoms. The highest BCUT2D eigenvalue weighted by atomic mass is 35.5. The minimum Gasteiger partial charge on any atom is -0.364 e. The van der Waals surface area contributed by atoms with Crippen LogP contribution in [0.3, 0.4) is 0 Å². The van der Waals surface area contributed by atoms with Gasteiger partial charge in [-0.15, -0.1) is 0 Å². The minimum atomic E-state index is -2.64. The average Bonchev–Trinajstić information content (AvgIpc) is 2.20. The topological polar surface area (TPSA) is 3.24 Å². The molecular weight excluding hydrogens is 255 g/mol. The van der Waals surface area contributed by atoms with Gasteiger partial charge in [0.05, 0.1) is 17.3 Å². The third-order valence-electron chi connectivity index (χ3n) is 2.64.